The lowest BCUT2D eigenvalue weighted by molar-refractivity contribution is 0.672. The van der Waals surface area contributed by atoms with Crippen molar-refractivity contribution in [3.05, 3.63) is 200 Å². The van der Waals surface area contributed by atoms with Crippen molar-refractivity contribution in [2.45, 2.75) is 10.6 Å². The third-order valence-electron chi connectivity index (χ3n) is 13.1. The molecule has 0 radical (unpaired) electrons. The summed E-state index contributed by atoms with van der Waals surface area (Å²) in [5.74, 6) is 2.74. The molecule has 10 aromatic carbocycles. The van der Waals surface area contributed by atoms with Crippen LogP contribution in [0.15, 0.2) is 203 Å². The second-order valence-corrected chi connectivity index (χ2v) is 17.7. The Labute approximate surface area is 371 Å². The molecule has 3 aromatic heterocycles. The predicted octanol–water partition coefficient (Wildman–Crippen LogP) is 15.6. The van der Waals surface area contributed by atoms with Crippen LogP contribution in [0.4, 0.5) is 0 Å². The number of hydrogen-bond donors (Lipinski definition) is 0. The first-order valence-electron chi connectivity index (χ1n) is 21.6. The molecule has 0 saturated heterocycles. The SMILES string of the molecule is c1ccc2c(c1)CSc1cccc(-c3nc(-c4cccc5ccccc45)nc(-c4cc(-n5c6ccccc6c6cc7ccccc7cc65)cc5oc6c7ccccc7ccc6c45)n3)c1-2. The molecule has 0 saturated carbocycles. The van der Waals surface area contributed by atoms with Crippen molar-refractivity contribution in [3.63, 3.8) is 0 Å². The van der Waals surface area contributed by atoms with Gasteiger partial charge in [0.25, 0.3) is 0 Å². The van der Waals surface area contributed by atoms with Crippen LogP contribution < -0.4 is 0 Å². The van der Waals surface area contributed by atoms with Crippen molar-refractivity contribution < 1.29 is 4.42 Å². The minimum Gasteiger partial charge on any atom is -0.455 e. The van der Waals surface area contributed by atoms with E-state index in [1.165, 1.54) is 37.6 Å². The fourth-order valence-corrected chi connectivity index (χ4v) is 11.3. The van der Waals surface area contributed by atoms with Gasteiger partial charge in [-0.15, -0.1) is 11.8 Å². The van der Waals surface area contributed by atoms with Gasteiger partial charge in [0.2, 0.25) is 0 Å². The maximum Gasteiger partial charge on any atom is 0.164 e. The molecule has 4 heterocycles. The Morgan fingerprint density at radius 2 is 1.05 bits per heavy atom. The minimum atomic E-state index is 0.580. The summed E-state index contributed by atoms with van der Waals surface area (Å²) in [6.07, 6.45) is 0. The lowest BCUT2D eigenvalue weighted by atomic mass is 9.95. The molecule has 1 aliphatic rings. The lowest BCUT2D eigenvalue weighted by Gasteiger charge is -2.22. The van der Waals surface area contributed by atoms with Crippen molar-refractivity contribution in [3.8, 4) is 51.0 Å². The van der Waals surface area contributed by atoms with Crippen molar-refractivity contribution >= 4 is 87.8 Å². The fourth-order valence-electron chi connectivity index (χ4n) is 10.2. The van der Waals surface area contributed by atoms with E-state index in [4.69, 9.17) is 19.4 Å². The third kappa shape index (κ3) is 5.30. The first-order valence-corrected chi connectivity index (χ1v) is 22.6. The van der Waals surface area contributed by atoms with Crippen molar-refractivity contribution in [2.75, 3.05) is 0 Å². The molecule has 64 heavy (non-hydrogen) atoms. The number of rotatable bonds is 4. The molecule has 0 unspecified atom stereocenters. The molecule has 0 N–H and O–H groups in total. The van der Waals surface area contributed by atoms with Gasteiger partial charge < -0.3 is 8.98 Å². The van der Waals surface area contributed by atoms with Gasteiger partial charge in [-0.05, 0) is 74.5 Å². The second-order valence-electron chi connectivity index (χ2n) is 16.7. The van der Waals surface area contributed by atoms with Crippen LogP contribution in [0, 0.1) is 0 Å². The molecule has 0 aliphatic carbocycles. The highest BCUT2D eigenvalue weighted by Gasteiger charge is 2.26. The highest BCUT2D eigenvalue weighted by atomic mass is 32.2. The summed E-state index contributed by atoms with van der Waals surface area (Å²) in [7, 11) is 0. The molecule has 1 aliphatic heterocycles. The molecule has 0 fully saturated rings. The number of benzene rings is 10. The molecule has 5 nitrogen and oxygen atoms in total. The van der Waals surface area contributed by atoms with Gasteiger partial charge in [-0.2, -0.15) is 0 Å². The van der Waals surface area contributed by atoms with Gasteiger partial charge in [-0.25, -0.2) is 15.0 Å². The summed E-state index contributed by atoms with van der Waals surface area (Å²) in [5.41, 5.74) is 11.3. The molecule has 298 valence electrons. The van der Waals surface area contributed by atoms with E-state index in [0.717, 1.165) is 88.2 Å². The van der Waals surface area contributed by atoms with Crippen molar-refractivity contribution in [1.29, 1.82) is 0 Å². The molecule has 0 spiro atoms. The largest absolute Gasteiger partial charge is 0.455 e. The van der Waals surface area contributed by atoms with Gasteiger partial charge in [0.05, 0.1) is 16.7 Å². The number of hydrogen-bond acceptors (Lipinski definition) is 5. The molecule has 6 heteroatoms. The minimum absolute atomic E-state index is 0.580. The standard InChI is InChI=1S/C58H34N4OS/c1-2-16-37-30-50-47(29-36(37)15-1)43-22-9-10-25-49(43)62(50)39-31-48(53-45-28-27-35-14-4-8-21-42(35)55(45)63-51(53)32-39)58-60-56(44-23-11-18-34-13-3-6-19-40(34)44)59-57(61-58)46-24-12-26-52-54(46)41-20-7-5-17-38(41)33-64-52/h1-32H,33H2. The molecular weight excluding hydrogens is 801 g/mol. The Morgan fingerprint density at radius 1 is 0.422 bits per heavy atom. The lowest BCUT2D eigenvalue weighted by Crippen LogP contribution is -2.04. The maximum atomic E-state index is 7.07. The predicted molar refractivity (Wildman–Crippen MR) is 265 cm³/mol. The van der Waals surface area contributed by atoms with E-state index in [-0.39, 0.29) is 0 Å². The topological polar surface area (TPSA) is 56.7 Å². The first kappa shape index (κ1) is 35.5. The zero-order valence-corrected chi connectivity index (χ0v) is 35.1. The average molecular weight is 835 g/mol. The van der Waals surface area contributed by atoms with Crippen LogP contribution in [0.1, 0.15) is 5.56 Å². The van der Waals surface area contributed by atoms with Gasteiger partial charge in [-0.1, -0.05) is 152 Å². The normalized spacial score (nSPS) is 12.6. The van der Waals surface area contributed by atoms with Gasteiger partial charge in [0.1, 0.15) is 11.2 Å². The van der Waals surface area contributed by atoms with Crippen LogP contribution in [-0.2, 0) is 5.75 Å². The number of fused-ring (bicyclic) bond motifs is 13. The summed E-state index contributed by atoms with van der Waals surface area (Å²) >= 11 is 1.86. The van der Waals surface area contributed by atoms with Crippen LogP contribution >= 0.6 is 11.8 Å². The van der Waals surface area contributed by atoms with E-state index in [9.17, 15) is 0 Å². The molecule has 0 atom stereocenters. The Hall–Kier alpha value is -8.06. The summed E-state index contributed by atoms with van der Waals surface area (Å²) in [6, 6.07) is 69.3. The van der Waals surface area contributed by atoms with E-state index >= 15 is 0 Å². The van der Waals surface area contributed by atoms with Crippen LogP contribution in [-0.4, -0.2) is 19.5 Å². The summed E-state index contributed by atoms with van der Waals surface area (Å²) in [5, 5.41) is 11.1. The molecule has 0 amide bonds. The van der Waals surface area contributed by atoms with Crippen molar-refractivity contribution in [2.24, 2.45) is 0 Å². The number of nitrogens with zero attached hydrogens (tertiary/aromatic N) is 4. The molecule has 0 bridgehead atoms. The van der Waals surface area contributed by atoms with E-state index < -0.39 is 0 Å². The van der Waals surface area contributed by atoms with Gasteiger partial charge in [0, 0.05) is 65.9 Å². The highest BCUT2D eigenvalue weighted by molar-refractivity contribution is 7.98. The zero-order chi connectivity index (χ0) is 41.9. The van der Waals surface area contributed by atoms with Crippen molar-refractivity contribution in [1.82, 2.24) is 19.5 Å². The smallest absolute Gasteiger partial charge is 0.164 e. The number of thioether (sulfide) groups is 1. The summed E-state index contributed by atoms with van der Waals surface area (Å²) in [4.78, 5) is 17.7. The van der Waals surface area contributed by atoms with E-state index in [2.05, 4.69) is 199 Å². The highest BCUT2D eigenvalue weighted by Crippen LogP contribution is 2.47. The van der Waals surface area contributed by atoms with Gasteiger partial charge in [0.15, 0.2) is 17.5 Å². The summed E-state index contributed by atoms with van der Waals surface area (Å²) in [6.45, 7) is 0. The Bertz CT molecular complexity index is 4100. The monoisotopic (exact) mass is 834 g/mol. The maximum absolute atomic E-state index is 7.07. The van der Waals surface area contributed by atoms with Crippen LogP contribution in [0.5, 0.6) is 0 Å². The third-order valence-corrected chi connectivity index (χ3v) is 14.2. The van der Waals surface area contributed by atoms with Crippen LogP contribution in [0.3, 0.4) is 0 Å². The van der Waals surface area contributed by atoms with E-state index in [1.54, 1.807) is 0 Å². The summed E-state index contributed by atoms with van der Waals surface area (Å²) < 4.78 is 9.45. The molecule has 13 aromatic rings. The first-order chi connectivity index (χ1) is 31.7. The number of para-hydroxylation sites is 1. The zero-order valence-electron chi connectivity index (χ0n) is 34.3. The van der Waals surface area contributed by atoms with E-state index in [0.29, 0.717) is 17.5 Å². The van der Waals surface area contributed by atoms with Crippen LogP contribution in [0.25, 0.3) is 127 Å². The number of aromatic nitrogens is 4. The molecule has 14 rings (SSSR count). The Kier molecular flexibility index (Phi) is 7.62. The Morgan fingerprint density at radius 3 is 1.91 bits per heavy atom. The second kappa shape index (κ2) is 13.7. The average Bonchev–Trinajstić information content (AvgIpc) is 3.90. The van der Waals surface area contributed by atoms with E-state index in [1.807, 2.05) is 11.8 Å². The molecular formula is C58H34N4OS. The fraction of sp³-hybridized carbons (Fsp3) is 0.0172. The quantitative estimate of drug-likeness (QED) is 0.177. The number of furan rings is 1. The Balaban J connectivity index is 1.12. The van der Waals surface area contributed by atoms with Crippen LogP contribution in [0.2, 0.25) is 0 Å². The van der Waals surface area contributed by atoms with Gasteiger partial charge >= 0.3 is 0 Å². The van der Waals surface area contributed by atoms with Gasteiger partial charge in [-0.3, -0.25) is 0 Å².